The van der Waals surface area contributed by atoms with Gasteiger partial charge in [0, 0.05) is 22.5 Å². The van der Waals surface area contributed by atoms with Crippen molar-refractivity contribution in [2.45, 2.75) is 19.9 Å². The fourth-order valence-corrected chi connectivity index (χ4v) is 2.44. The molecule has 0 radical (unpaired) electrons. The van der Waals surface area contributed by atoms with E-state index in [0.717, 1.165) is 15.3 Å². The van der Waals surface area contributed by atoms with Crippen LogP contribution in [0, 0.1) is 0 Å². The molecule has 4 nitrogen and oxygen atoms in total. The first kappa shape index (κ1) is 12.6. The number of H-pyrrole nitrogens is 1. The molecular weight excluding hydrogens is 246 g/mol. The lowest BCUT2D eigenvalue weighted by atomic mass is 10.2. The van der Waals surface area contributed by atoms with Gasteiger partial charge in [0.15, 0.2) is 0 Å². The van der Waals surface area contributed by atoms with Gasteiger partial charge >= 0.3 is 0 Å². The molecule has 0 aliphatic rings. The fraction of sp³-hybridized carbons (Fsp3) is 0.231. The number of aromatic amines is 1. The van der Waals surface area contributed by atoms with Crippen LogP contribution in [0.2, 0.25) is 0 Å². The quantitative estimate of drug-likeness (QED) is 0.887. The minimum Gasteiger partial charge on any atom is -0.349 e. The zero-order valence-electron chi connectivity index (χ0n) is 10.4. The Hall–Kier alpha value is -1.88. The summed E-state index contributed by atoms with van der Waals surface area (Å²) in [6.07, 6.45) is 1.84. The Labute approximate surface area is 110 Å². The van der Waals surface area contributed by atoms with Crippen molar-refractivity contribution in [3.8, 4) is 10.4 Å². The van der Waals surface area contributed by atoms with E-state index in [4.69, 9.17) is 5.73 Å². The van der Waals surface area contributed by atoms with Gasteiger partial charge in [-0.3, -0.25) is 10.5 Å². The number of pyridine rings is 1. The van der Waals surface area contributed by atoms with E-state index in [2.05, 4.69) is 10.3 Å². The molecule has 0 unspecified atom stereocenters. The van der Waals surface area contributed by atoms with Crippen LogP contribution in [0.25, 0.3) is 10.4 Å². The molecule has 5 heteroatoms. The maximum Gasteiger partial charge on any atom is 0.270 e. The van der Waals surface area contributed by atoms with E-state index in [0.29, 0.717) is 5.82 Å². The summed E-state index contributed by atoms with van der Waals surface area (Å²) in [4.78, 5) is 16.5. The molecule has 4 N–H and O–H groups in total. The summed E-state index contributed by atoms with van der Waals surface area (Å²) in [5.41, 5.74) is 6.62. The predicted molar refractivity (Wildman–Crippen MR) is 73.3 cm³/mol. The number of hydrogen-bond acceptors (Lipinski definition) is 3. The molecule has 0 bridgehead atoms. The van der Waals surface area contributed by atoms with Crippen molar-refractivity contribution in [2.24, 2.45) is 0 Å². The highest BCUT2D eigenvalue weighted by atomic mass is 32.1. The van der Waals surface area contributed by atoms with Gasteiger partial charge in [-0.25, -0.2) is 4.98 Å². The number of thiophene rings is 1. The largest absolute Gasteiger partial charge is 0.349 e. The molecule has 0 atom stereocenters. The fourth-order valence-electron chi connectivity index (χ4n) is 1.54. The summed E-state index contributed by atoms with van der Waals surface area (Å²) in [7, 11) is 0. The van der Waals surface area contributed by atoms with E-state index in [9.17, 15) is 4.79 Å². The summed E-state index contributed by atoms with van der Waals surface area (Å²) in [6.45, 7) is 3.89. The van der Waals surface area contributed by atoms with Gasteiger partial charge in [-0.1, -0.05) is 0 Å². The second-order valence-electron chi connectivity index (χ2n) is 4.32. The summed E-state index contributed by atoms with van der Waals surface area (Å²) in [6, 6.07) is 7.67. The lowest BCUT2D eigenvalue weighted by molar-refractivity contribution is -0.359. The molecule has 0 aliphatic heterocycles. The molecule has 2 rings (SSSR count). The van der Waals surface area contributed by atoms with E-state index in [1.165, 1.54) is 11.3 Å². The SMILES string of the molecule is CC(C)NC(=O)c1ccc(-c2ccc(N)[nH+]c2)s1. The number of nitrogen functional groups attached to an aromatic ring is 1. The maximum absolute atomic E-state index is 11.8. The molecule has 1 amide bonds. The van der Waals surface area contributed by atoms with Crippen molar-refractivity contribution in [3.63, 3.8) is 0 Å². The van der Waals surface area contributed by atoms with E-state index >= 15 is 0 Å². The lowest BCUT2D eigenvalue weighted by Gasteiger charge is -2.05. The van der Waals surface area contributed by atoms with Crippen molar-refractivity contribution >= 4 is 23.1 Å². The van der Waals surface area contributed by atoms with Gasteiger partial charge in [-0.2, -0.15) is 0 Å². The first-order chi connectivity index (χ1) is 8.56. The number of anilines is 1. The highest BCUT2D eigenvalue weighted by molar-refractivity contribution is 7.17. The molecule has 18 heavy (non-hydrogen) atoms. The normalized spacial score (nSPS) is 10.6. The van der Waals surface area contributed by atoms with Crippen LogP contribution in [0.3, 0.4) is 0 Å². The maximum atomic E-state index is 11.8. The van der Waals surface area contributed by atoms with Crippen molar-refractivity contribution in [1.82, 2.24) is 5.32 Å². The zero-order valence-corrected chi connectivity index (χ0v) is 11.2. The molecule has 0 saturated carbocycles. The average Bonchev–Trinajstić information content (AvgIpc) is 2.78. The average molecular weight is 262 g/mol. The Morgan fingerprint density at radius 3 is 2.72 bits per heavy atom. The summed E-state index contributed by atoms with van der Waals surface area (Å²) in [5, 5.41) is 2.88. The molecule has 2 heterocycles. The minimum absolute atomic E-state index is 0.0272. The van der Waals surface area contributed by atoms with Crippen LogP contribution in [0.4, 0.5) is 5.82 Å². The zero-order chi connectivity index (χ0) is 13.1. The van der Waals surface area contributed by atoms with Crippen LogP contribution >= 0.6 is 11.3 Å². The van der Waals surface area contributed by atoms with Crippen LogP contribution in [0.15, 0.2) is 30.5 Å². The number of amides is 1. The Kier molecular flexibility index (Phi) is 3.62. The van der Waals surface area contributed by atoms with E-state index < -0.39 is 0 Å². The highest BCUT2D eigenvalue weighted by Gasteiger charge is 2.11. The highest BCUT2D eigenvalue weighted by Crippen LogP contribution is 2.27. The molecule has 0 aliphatic carbocycles. The van der Waals surface area contributed by atoms with Gasteiger partial charge in [0.05, 0.1) is 11.1 Å². The van der Waals surface area contributed by atoms with Gasteiger partial charge in [0.2, 0.25) is 0 Å². The number of nitrogens with one attached hydrogen (secondary N) is 2. The molecule has 0 fully saturated rings. The number of rotatable bonds is 3. The Balaban J connectivity index is 2.20. The van der Waals surface area contributed by atoms with E-state index in [-0.39, 0.29) is 11.9 Å². The Bertz CT molecular complexity index is 546. The molecule has 94 valence electrons. The van der Waals surface area contributed by atoms with Gasteiger partial charge in [-0.05, 0) is 32.0 Å². The minimum atomic E-state index is -0.0272. The standard InChI is InChI=1S/C13H15N3OS/c1-8(2)16-13(17)11-5-4-10(18-11)9-3-6-12(14)15-7-9/h3-8H,1-2H3,(H2,14,15)(H,16,17)/p+1. The van der Waals surface area contributed by atoms with Gasteiger partial charge in [0.1, 0.15) is 0 Å². The topological polar surface area (TPSA) is 69.3 Å². The van der Waals surface area contributed by atoms with Crippen LogP contribution < -0.4 is 16.0 Å². The van der Waals surface area contributed by atoms with Crippen LogP contribution in [-0.2, 0) is 0 Å². The van der Waals surface area contributed by atoms with Crippen molar-refractivity contribution in [1.29, 1.82) is 0 Å². The number of carbonyl (C=O) groups is 1. The van der Waals surface area contributed by atoms with Crippen molar-refractivity contribution in [2.75, 3.05) is 5.73 Å². The summed E-state index contributed by atoms with van der Waals surface area (Å²) >= 11 is 1.47. The third kappa shape index (κ3) is 2.87. The van der Waals surface area contributed by atoms with Gasteiger partial charge < -0.3 is 5.32 Å². The lowest BCUT2D eigenvalue weighted by Crippen LogP contribution is -2.29. The third-order valence-corrected chi connectivity index (χ3v) is 3.50. The number of aromatic nitrogens is 1. The van der Waals surface area contributed by atoms with Crippen LogP contribution in [-0.4, -0.2) is 11.9 Å². The molecular formula is C13H16N3OS+. The van der Waals surface area contributed by atoms with E-state index in [1.807, 2.05) is 44.3 Å². The van der Waals surface area contributed by atoms with Crippen molar-refractivity contribution < 1.29 is 9.78 Å². The number of hydrogen-bond donors (Lipinski definition) is 2. The first-order valence-corrected chi connectivity index (χ1v) is 6.56. The number of nitrogens with two attached hydrogens (primary N) is 1. The molecule has 0 aromatic carbocycles. The monoisotopic (exact) mass is 262 g/mol. The first-order valence-electron chi connectivity index (χ1n) is 5.74. The Morgan fingerprint density at radius 2 is 2.11 bits per heavy atom. The summed E-state index contributed by atoms with van der Waals surface area (Å²) < 4.78 is 0. The van der Waals surface area contributed by atoms with Crippen LogP contribution in [0.1, 0.15) is 23.5 Å². The molecule has 0 saturated heterocycles. The molecule has 2 aromatic rings. The third-order valence-electron chi connectivity index (χ3n) is 2.37. The molecule has 2 aromatic heterocycles. The summed E-state index contributed by atoms with van der Waals surface area (Å²) in [5.74, 6) is 0.591. The Morgan fingerprint density at radius 1 is 1.33 bits per heavy atom. The predicted octanol–water partition coefficient (Wildman–Crippen LogP) is 1.95. The second-order valence-corrected chi connectivity index (χ2v) is 5.41. The van der Waals surface area contributed by atoms with Gasteiger partial charge in [0.25, 0.3) is 11.7 Å². The number of carbonyl (C=O) groups excluding carboxylic acids is 1. The van der Waals surface area contributed by atoms with Gasteiger partial charge in [-0.15, -0.1) is 11.3 Å². The van der Waals surface area contributed by atoms with Crippen LogP contribution in [0.5, 0.6) is 0 Å². The molecule has 0 spiro atoms. The second kappa shape index (κ2) is 5.18. The van der Waals surface area contributed by atoms with Crippen molar-refractivity contribution in [3.05, 3.63) is 35.3 Å². The van der Waals surface area contributed by atoms with E-state index in [1.54, 1.807) is 0 Å². The smallest absolute Gasteiger partial charge is 0.270 e.